The van der Waals surface area contributed by atoms with Gasteiger partial charge in [-0.1, -0.05) is 0 Å². The molecule has 2 aliphatic carbocycles. The molecule has 0 N–H and O–H groups in total. The van der Waals surface area contributed by atoms with Crippen LogP contribution in [-0.4, -0.2) is 25.7 Å². The molecule has 2 unspecified atom stereocenters. The van der Waals surface area contributed by atoms with Crippen LogP contribution >= 0.6 is 17.2 Å². The number of allylic oxidation sites excluding steroid dienone is 2. The summed E-state index contributed by atoms with van der Waals surface area (Å²) in [5, 5.41) is 5.84. The molecular weight excluding hydrogens is 1050 g/mol. The van der Waals surface area contributed by atoms with E-state index in [1.165, 1.54) is 102 Å². The first-order valence-corrected chi connectivity index (χ1v) is 46.8. The predicted molar refractivity (Wildman–Crippen MR) is 295 cm³/mol. The Morgan fingerprint density at radius 2 is 0.788 bits per heavy atom. The van der Waals surface area contributed by atoms with Crippen LogP contribution in [0.1, 0.15) is 40.7 Å². The Labute approximate surface area is 404 Å². The van der Waals surface area contributed by atoms with Gasteiger partial charge in [-0.2, -0.15) is 0 Å². The molecule has 2 atom stereocenters. The van der Waals surface area contributed by atoms with E-state index in [4.69, 9.17) is 0 Å². The van der Waals surface area contributed by atoms with Crippen molar-refractivity contribution in [2.24, 2.45) is 0 Å². The van der Waals surface area contributed by atoms with E-state index in [1.807, 2.05) is 0 Å². The number of fused-ring (bicyclic) bond motifs is 5. The summed E-state index contributed by atoms with van der Waals surface area (Å²) >= 11 is -6.16. The number of hydrogen-bond acceptors (Lipinski definition) is 0. The van der Waals surface area contributed by atoms with Crippen molar-refractivity contribution in [3.63, 3.8) is 0 Å². The minimum absolute atomic E-state index is 0.257. The van der Waals surface area contributed by atoms with Crippen molar-refractivity contribution in [1.82, 2.24) is 0 Å². The Hall–Kier alpha value is -4.66. The summed E-state index contributed by atoms with van der Waals surface area (Å²) in [4.78, 5) is 0. The molecule has 8 aromatic carbocycles. The summed E-state index contributed by atoms with van der Waals surface area (Å²) in [6.07, 6.45) is 5.01. The Morgan fingerprint density at radius 1 is 0.394 bits per heavy atom. The molecule has 6 heteroatoms. The van der Waals surface area contributed by atoms with E-state index >= 15 is 0 Å². The summed E-state index contributed by atoms with van der Waals surface area (Å²) in [5.41, 5.74) is 17.7. The van der Waals surface area contributed by atoms with Crippen molar-refractivity contribution in [3.8, 4) is 33.4 Å². The Morgan fingerprint density at radius 3 is 1.27 bits per heavy atom. The molecule has 11 rings (SSSR count). The van der Waals surface area contributed by atoms with Crippen molar-refractivity contribution >= 4 is 90.2 Å². The van der Waals surface area contributed by atoms with Crippen LogP contribution in [0.4, 0.5) is 0 Å². The van der Waals surface area contributed by atoms with E-state index in [1.54, 1.807) is 0 Å². The second-order valence-corrected chi connectivity index (χ2v) is 62.0. The van der Waals surface area contributed by atoms with Crippen LogP contribution in [-0.2, 0) is 16.1 Å². The standard InChI is InChI=1S/2C24H23Si.C12H9Si.2ClH.Hf/c2*1-25(2,3)24-15-8-7-13-22(24)21-14-9-12-19-16-20(17-23(19)21)18-10-5-4-6-11-18;1-3-7-11-9(5-1)10-6-2-4-8-12(10)13-11;;;/h2*4-17H,1-3H3;1-7H,13H2;2*1H;/q;;;;;+2/p-2. The second kappa shape index (κ2) is 16.3. The van der Waals surface area contributed by atoms with E-state index in [0.717, 1.165) is 0 Å². The summed E-state index contributed by atoms with van der Waals surface area (Å²) in [7, 11) is 14.8. The summed E-state index contributed by atoms with van der Waals surface area (Å²) in [5.74, 6) is 0. The van der Waals surface area contributed by atoms with Crippen LogP contribution in [0.2, 0.25) is 39.3 Å². The van der Waals surface area contributed by atoms with Crippen molar-refractivity contribution in [3.05, 3.63) is 221 Å². The SMILES string of the molecule is C[Si](C)(C)c1ccccc1-c1cccc2c1C=C(c1ccccc1)[CH]2[Hf]([Cl])([Cl])([c]1cccc2c1[SiH2]c1ccccc1-2)[CH]1C(c2ccccc2)=Cc2c(-c3ccccc3[Si](C)(C)C)cccc21. The summed E-state index contributed by atoms with van der Waals surface area (Å²) in [6, 6.07) is 70.5. The fraction of sp³-hybridized carbons (Fsp3) is 0.133. The quantitative estimate of drug-likeness (QED) is 0.126. The second-order valence-electron chi connectivity index (χ2n) is 20.8. The molecule has 3 aliphatic rings. The molecule has 0 nitrogen and oxygen atoms in total. The van der Waals surface area contributed by atoms with Crippen LogP contribution in [0.25, 0.3) is 56.7 Å². The molecule has 0 radical (unpaired) electrons. The maximum absolute atomic E-state index is 9.65. The number of hydrogen-bond donors (Lipinski definition) is 0. The third-order valence-electron chi connectivity index (χ3n) is 14.8. The van der Waals surface area contributed by atoms with E-state index in [0.29, 0.717) is 0 Å². The predicted octanol–water partition coefficient (Wildman–Crippen LogP) is 13.4. The topological polar surface area (TPSA) is 0 Å². The molecule has 0 aromatic heterocycles. The molecule has 325 valence electrons. The first kappa shape index (κ1) is 43.9. The van der Waals surface area contributed by atoms with Gasteiger partial charge in [0.15, 0.2) is 0 Å². The van der Waals surface area contributed by atoms with Gasteiger partial charge in [-0.25, -0.2) is 0 Å². The molecule has 66 heavy (non-hydrogen) atoms. The normalized spacial score (nSPS) is 17.3. The van der Waals surface area contributed by atoms with E-state index in [9.17, 15) is 17.2 Å². The van der Waals surface area contributed by atoms with Gasteiger partial charge in [-0.05, 0) is 0 Å². The molecule has 0 bridgehead atoms. The van der Waals surface area contributed by atoms with Crippen LogP contribution in [0.5, 0.6) is 0 Å². The maximum atomic E-state index is 9.65. The minimum atomic E-state index is -6.16. The van der Waals surface area contributed by atoms with Crippen LogP contribution in [0.15, 0.2) is 188 Å². The number of rotatable bonds is 9. The molecule has 1 aliphatic heterocycles. The van der Waals surface area contributed by atoms with Crippen LogP contribution < -0.4 is 24.1 Å². The summed E-state index contributed by atoms with van der Waals surface area (Å²) in [6.45, 7) is 14.8. The molecule has 0 fully saturated rings. The number of benzene rings is 8. The average molecular weight is 1110 g/mol. The zero-order chi connectivity index (χ0) is 45.6. The molecule has 1 heterocycles. The van der Waals surface area contributed by atoms with Crippen LogP contribution in [0.3, 0.4) is 0 Å². The van der Waals surface area contributed by atoms with Gasteiger partial charge in [0.2, 0.25) is 0 Å². The Kier molecular flexibility index (Phi) is 10.8. The van der Waals surface area contributed by atoms with Crippen molar-refractivity contribution in [2.45, 2.75) is 46.6 Å². The molecular formula is C60H55Cl2HfSi3. The van der Waals surface area contributed by atoms with Gasteiger partial charge in [-0.3, -0.25) is 0 Å². The molecule has 0 saturated heterocycles. The zero-order valence-electron chi connectivity index (χ0n) is 38.7. The van der Waals surface area contributed by atoms with Crippen molar-refractivity contribution < 1.29 is 16.1 Å². The Bertz CT molecular complexity index is 3130. The fourth-order valence-electron chi connectivity index (χ4n) is 12.0. The third kappa shape index (κ3) is 6.96. The average Bonchev–Trinajstić information content (AvgIpc) is 4.05. The zero-order valence-corrected chi connectivity index (χ0v) is 47.2. The monoisotopic (exact) mass is 1110 g/mol. The first-order chi connectivity index (χ1) is 31.7. The number of halogens is 2. The van der Waals surface area contributed by atoms with E-state index < -0.39 is 41.8 Å². The van der Waals surface area contributed by atoms with Gasteiger partial charge in [0.05, 0.1) is 0 Å². The van der Waals surface area contributed by atoms with Gasteiger partial charge in [-0.15, -0.1) is 0 Å². The van der Waals surface area contributed by atoms with Gasteiger partial charge in [0.25, 0.3) is 0 Å². The van der Waals surface area contributed by atoms with E-state index in [2.05, 4.69) is 239 Å². The third-order valence-corrected chi connectivity index (χ3v) is 50.2. The molecule has 0 spiro atoms. The molecule has 8 aromatic rings. The molecule has 0 amide bonds. The first-order valence-electron chi connectivity index (χ1n) is 23.5. The molecule has 0 saturated carbocycles. The Balaban J connectivity index is 1.27. The van der Waals surface area contributed by atoms with Crippen molar-refractivity contribution in [2.75, 3.05) is 0 Å². The van der Waals surface area contributed by atoms with Gasteiger partial charge < -0.3 is 0 Å². The van der Waals surface area contributed by atoms with E-state index in [-0.39, 0.29) is 7.35 Å². The van der Waals surface area contributed by atoms with Gasteiger partial charge >= 0.3 is 408 Å². The fourth-order valence-corrected chi connectivity index (χ4v) is 53.0. The summed E-state index contributed by atoms with van der Waals surface area (Å²) < 4.78 is 0.731. The van der Waals surface area contributed by atoms with Gasteiger partial charge in [0, 0.05) is 0 Å². The van der Waals surface area contributed by atoms with Crippen LogP contribution in [0, 0.1) is 0 Å². The van der Waals surface area contributed by atoms with Gasteiger partial charge in [0.1, 0.15) is 0 Å². The van der Waals surface area contributed by atoms with Crippen molar-refractivity contribution in [1.29, 1.82) is 0 Å².